The van der Waals surface area contributed by atoms with E-state index in [-0.39, 0.29) is 11.5 Å². The first kappa shape index (κ1) is 13.1. The lowest BCUT2D eigenvalue weighted by Crippen LogP contribution is -2.23. The zero-order chi connectivity index (χ0) is 12.0. The zero-order valence-electron chi connectivity index (χ0n) is 9.10. The number of rotatable bonds is 6. The van der Waals surface area contributed by atoms with Crippen LogP contribution in [0.3, 0.4) is 0 Å². The van der Waals surface area contributed by atoms with Crippen LogP contribution in [0.25, 0.3) is 0 Å². The van der Waals surface area contributed by atoms with Crippen LogP contribution in [0.4, 0.5) is 0 Å². The van der Waals surface area contributed by atoms with E-state index in [1.807, 2.05) is 0 Å². The molecular formula is C10H16N2O3S. The molecule has 0 heterocycles. The van der Waals surface area contributed by atoms with Gasteiger partial charge in [0.05, 0.1) is 11.5 Å². The summed E-state index contributed by atoms with van der Waals surface area (Å²) < 4.78 is 25.6. The zero-order valence-corrected chi connectivity index (χ0v) is 9.92. The highest BCUT2D eigenvalue weighted by molar-refractivity contribution is 7.89. The van der Waals surface area contributed by atoms with Crippen LogP contribution >= 0.6 is 0 Å². The van der Waals surface area contributed by atoms with Gasteiger partial charge < -0.3 is 10.4 Å². The molecule has 0 bridgehead atoms. The Balaban J connectivity index is 2.92. The highest BCUT2D eigenvalue weighted by atomic mass is 32.2. The van der Waals surface area contributed by atoms with Crippen LogP contribution in [-0.4, -0.2) is 33.7 Å². The van der Waals surface area contributed by atoms with Crippen LogP contribution in [0.15, 0.2) is 29.2 Å². The van der Waals surface area contributed by atoms with Gasteiger partial charge in [-0.3, -0.25) is 0 Å². The molecule has 3 N–H and O–H groups in total. The lowest BCUT2D eigenvalue weighted by molar-refractivity contribution is 0.292. The van der Waals surface area contributed by atoms with Crippen molar-refractivity contribution in [3.63, 3.8) is 0 Å². The van der Waals surface area contributed by atoms with Gasteiger partial charge >= 0.3 is 0 Å². The molecule has 0 radical (unpaired) electrons. The molecule has 0 saturated heterocycles. The number of aliphatic hydroxyl groups is 1. The Morgan fingerprint density at radius 2 is 2.00 bits per heavy atom. The van der Waals surface area contributed by atoms with Crippen LogP contribution < -0.4 is 10.0 Å². The predicted molar refractivity (Wildman–Crippen MR) is 61.5 cm³/mol. The fourth-order valence-electron chi connectivity index (χ4n) is 1.32. The van der Waals surface area contributed by atoms with Crippen molar-refractivity contribution in [2.45, 2.75) is 11.4 Å². The third kappa shape index (κ3) is 3.28. The van der Waals surface area contributed by atoms with Crippen molar-refractivity contribution >= 4 is 10.0 Å². The number of nitrogens with one attached hydrogen (secondary N) is 2. The first-order valence-electron chi connectivity index (χ1n) is 4.95. The average Bonchev–Trinajstić information content (AvgIpc) is 2.30. The maximum Gasteiger partial charge on any atom is 0.240 e. The summed E-state index contributed by atoms with van der Waals surface area (Å²) in [4.78, 5) is 0.267. The smallest absolute Gasteiger partial charge is 0.240 e. The van der Waals surface area contributed by atoms with Gasteiger partial charge in [0.15, 0.2) is 0 Å². The molecule has 0 fully saturated rings. The minimum atomic E-state index is -3.42. The number of hydrogen-bond acceptors (Lipinski definition) is 4. The molecule has 90 valence electrons. The van der Waals surface area contributed by atoms with Gasteiger partial charge in [-0.15, -0.1) is 0 Å². The Kier molecular flexibility index (Phi) is 4.88. The molecule has 0 spiro atoms. The predicted octanol–water partition coefficient (Wildman–Crippen LogP) is -0.323. The normalized spacial score (nSPS) is 11.6. The molecule has 0 aliphatic heterocycles. The van der Waals surface area contributed by atoms with Crippen LogP contribution in [0.2, 0.25) is 0 Å². The molecule has 0 atom stereocenters. The number of hydrogen-bond donors (Lipinski definition) is 3. The van der Waals surface area contributed by atoms with Crippen LogP contribution in [-0.2, 0) is 16.6 Å². The van der Waals surface area contributed by atoms with E-state index in [4.69, 9.17) is 5.11 Å². The molecule has 1 aromatic carbocycles. The van der Waals surface area contributed by atoms with Crippen molar-refractivity contribution < 1.29 is 13.5 Å². The van der Waals surface area contributed by atoms with Crippen molar-refractivity contribution in [1.82, 2.24) is 10.0 Å². The first-order valence-corrected chi connectivity index (χ1v) is 6.43. The molecule has 0 unspecified atom stereocenters. The second kappa shape index (κ2) is 5.95. The highest BCUT2D eigenvalue weighted by Crippen LogP contribution is 2.14. The molecule has 5 nitrogen and oxygen atoms in total. The van der Waals surface area contributed by atoms with E-state index in [9.17, 15) is 8.42 Å². The summed E-state index contributed by atoms with van der Waals surface area (Å²) in [6, 6.07) is 6.76. The van der Waals surface area contributed by atoms with Crippen molar-refractivity contribution in [3.05, 3.63) is 29.8 Å². The number of benzene rings is 1. The third-order valence-corrected chi connectivity index (χ3v) is 3.65. The molecule has 0 amide bonds. The van der Waals surface area contributed by atoms with Crippen molar-refractivity contribution in [1.29, 1.82) is 0 Å². The van der Waals surface area contributed by atoms with E-state index in [2.05, 4.69) is 10.0 Å². The van der Waals surface area contributed by atoms with Gasteiger partial charge in [-0.05, 0) is 18.7 Å². The maximum absolute atomic E-state index is 11.7. The monoisotopic (exact) mass is 244 g/mol. The second-order valence-electron chi connectivity index (χ2n) is 3.22. The van der Waals surface area contributed by atoms with Gasteiger partial charge in [0.2, 0.25) is 10.0 Å². The molecule has 0 saturated carbocycles. The summed E-state index contributed by atoms with van der Waals surface area (Å²) in [7, 11) is -2.04. The van der Waals surface area contributed by atoms with E-state index < -0.39 is 10.0 Å². The van der Waals surface area contributed by atoms with Crippen LogP contribution in [0.1, 0.15) is 5.56 Å². The van der Waals surface area contributed by atoms with Crippen molar-refractivity contribution in [2.24, 2.45) is 0 Å². The Morgan fingerprint density at radius 3 is 2.62 bits per heavy atom. The topological polar surface area (TPSA) is 78.4 Å². The highest BCUT2D eigenvalue weighted by Gasteiger charge is 2.14. The second-order valence-corrected chi connectivity index (χ2v) is 5.07. The summed E-state index contributed by atoms with van der Waals surface area (Å²) in [5, 5.41) is 11.6. The molecule has 0 aliphatic carbocycles. The van der Waals surface area contributed by atoms with E-state index in [1.54, 1.807) is 24.3 Å². The Bertz CT molecular complexity index is 431. The van der Waals surface area contributed by atoms with Gasteiger partial charge in [-0.2, -0.15) is 0 Å². The molecular weight excluding hydrogens is 228 g/mol. The Hall–Kier alpha value is -0.950. The molecule has 1 aromatic rings. The summed E-state index contributed by atoms with van der Waals surface area (Å²) in [5.74, 6) is 0. The Labute approximate surface area is 95.5 Å². The average molecular weight is 244 g/mol. The van der Waals surface area contributed by atoms with E-state index in [0.717, 1.165) is 0 Å². The van der Waals surface area contributed by atoms with Gasteiger partial charge in [0, 0.05) is 13.1 Å². The minimum Gasteiger partial charge on any atom is -0.395 e. The molecule has 6 heteroatoms. The fraction of sp³-hybridized carbons (Fsp3) is 0.400. The number of sulfonamides is 1. The summed E-state index contributed by atoms with van der Waals surface area (Å²) in [6.07, 6.45) is 0. The molecule has 1 rings (SSSR count). The van der Waals surface area contributed by atoms with Crippen molar-refractivity contribution in [2.75, 3.05) is 20.2 Å². The largest absolute Gasteiger partial charge is 0.395 e. The van der Waals surface area contributed by atoms with Gasteiger partial charge in [-0.1, -0.05) is 18.2 Å². The van der Waals surface area contributed by atoms with Crippen LogP contribution in [0, 0.1) is 0 Å². The summed E-state index contributed by atoms with van der Waals surface area (Å²) in [6.45, 7) is 0.881. The Morgan fingerprint density at radius 1 is 1.31 bits per heavy atom. The quantitative estimate of drug-likeness (QED) is 0.599. The molecule has 16 heavy (non-hydrogen) atoms. The van der Waals surface area contributed by atoms with E-state index >= 15 is 0 Å². The van der Waals surface area contributed by atoms with E-state index in [0.29, 0.717) is 18.7 Å². The van der Waals surface area contributed by atoms with Crippen molar-refractivity contribution in [3.8, 4) is 0 Å². The molecule has 0 aliphatic rings. The lowest BCUT2D eigenvalue weighted by atomic mass is 10.2. The lowest BCUT2D eigenvalue weighted by Gasteiger charge is -2.09. The van der Waals surface area contributed by atoms with E-state index in [1.165, 1.54) is 7.05 Å². The van der Waals surface area contributed by atoms with Gasteiger partial charge in [-0.25, -0.2) is 13.1 Å². The van der Waals surface area contributed by atoms with Gasteiger partial charge in [0.1, 0.15) is 0 Å². The first-order chi connectivity index (χ1) is 7.61. The summed E-state index contributed by atoms with van der Waals surface area (Å²) in [5.41, 5.74) is 0.685. The molecule has 0 aromatic heterocycles. The minimum absolute atomic E-state index is 0.0287. The fourth-order valence-corrected chi connectivity index (χ4v) is 2.29. The standard InChI is InChI=1S/C10H16N2O3S/c1-11-16(14,15)10-5-3-2-4-9(10)8-12-6-7-13/h2-5,11-13H,6-8H2,1H3. The summed E-state index contributed by atoms with van der Waals surface area (Å²) >= 11 is 0. The SMILES string of the molecule is CNS(=O)(=O)c1ccccc1CNCCO. The van der Waals surface area contributed by atoms with Gasteiger partial charge in [0.25, 0.3) is 0 Å². The maximum atomic E-state index is 11.7. The third-order valence-electron chi connectivity index (χ3n) is 2.13. The number of aliphatic hydroxyl groups excluding tert-OH is 1. The van der Waals surface area contributed by atoms with Crippen LogP contribution in [0.5, 0.6) is 0 Å².